The maximum Gasteiger partial charge on any atom is 0.258 e. The molecule has 0 radical (unpaired) electrons. The van der Waals surface area contributed by atoms with Gasteiger partial charge < -0.3 is 4.57 Å². The Balaban J connectivity index is 2.44. The second-order valence-corrected chi connectivity index (χ2v) is 5.51. The number of rotatable bonds is 1. The van der Waals surface area contributed by atoms with Crippen LogP contribution in [0.5, 0.6) is 0 Å². The summed E-state index contributed by atoms with van der Waals surface area (Å²) < 4.78 is 1.76. The SMILES string of the molecule is Cc1ccc2c(C3=CCCC=C3)c(C)n(C)c(=O)c2c1. The summed E-state index contributed by atoms with van der Waals surface area (Å²) in [6.45, 7) is 4.05. The topological polar surface area (TPSA) is 22.0 Å². The molecule has 1 aliphatic carbocycles. The van der Waals surface area contributed by atoms with Gasteiger partial charge in [-0.1, -0.05) is 35.9 Å². The zero-order chi connectivity index (χ0) is 14.3. The predicted molar refractivity (Wildman–Crippen MR) is 85.0 cm³/mol. The van der Waals surface area contributed by atoms with Gasteiger partial charge in [0.2, 0.25) is 0 Å². The lowest BCUT2D eigenvalue weighted by Gasteiger charge is -2.17. The lowest BCUT2D eigenvalue weighted by Crippen LogP contribution is -2.21. The van der Waals surface area contributed by atoms with E-state index >= 15 is 0 Å². The van der Waals surface area contributed by atoms with Gasteiger partial charge in [-0.2, -0.15) is 0 Å². The van der Waals surface area contributed by atoms with Gasteiger partial charge in [0.05, 0.1) is 0 Å². The van der Waals surface area contributed by atoms with E-state index in [2.05, 4.69) is 30.4 Å². The van der Waals surface area contributed by atoms with E-state index in [4.69, 9.17) is 0 Å². The van der Waals surface area contributed by atoms with Crippen molar-refractivity contribution in [2.45, 2.75) is 26.7 Å². The van der Waals surface area contributed by atoms with Gasteiger partial charge in [-0.25, -0.2) is 0 Å². The summed E-state index contributed by atoms with van der Waals surface area (Å²) in [5, 5.41) is 1.88. The molecule has 1 aromatic carbocycles. The first-order chi connectivity index (χ1) is 9.59. The summed E-state index contributed by atoms with van der Waals surface area (Å²) in [6, 6.07) is 6.16. The van der Waals surface area contributed by atoms with E-state index in [1.165, 1.54) is 11.1 Å². The van der Waals surface area contributed by atoms with Crippen molar-refractivity contribution >= 4 is 16.3 Å². The Kier molecular flexibility index (Phi) is 3.09. The minimum atomic E-state index is 0.0883. The molecule has 0 N–H and O–H groups in total. The fraction of sp³-hybridized carbons (Fsp3) is 0.278. The normalized spacial score (nSPS) is 14.7. The minimum Gasteiger partial charge on any atom is -0.315 e. The maximum atomic E-state index is 12.5. The highest BCUT2D eigenvalue weighted by Gasteiger charge is 2.14. The van der Waals surface area contributed by atoms with Crippen LogP contribution >= 0.6 is 0 Å². The molecule has 102 valence electrons. The van der Waals surface area contributed by atoms with Gasteiger partial charge in [-0.3, -0.25) is 4.79 Å². The fourth-order valence-electron chi connectivity index (χ4n) is 2.91. The summed E-state index contributed by atoms with van der Waals surface area (Å²) in [5.41, 5.74) is 4.67. The van der Waals surface area contributed by atoms with Crippen LogP contribution in [0.15, 0.2) is 41.2 Å². The molecule has 0 amide bonds. The van der Waals surface area contributed by atoms with Crippen molar-refractivity contribution in [3.05, 3.63) is 63.6 Å². The Morgan fingerprint density at radius 2 is 1.90 bits per heavy atom. The van der Waals surface area contributed by atoms with E-state index < -0.39 is 0 Å². The predicted octanol–water partition coefficient (Wildman–Crippen LogP) is 3.89. The van der Waals surface area contributed by atoms with Gasteiger partial charge >= 0.3 is 0 Å². The highest BCUT2D eigenvalue weighted by molar-refractivity contribution is 5.97. The molecular formula is C18H19NO. The summed E-state index contributed by atoms with van der Waals surface area (Å²) >= 11 is 0. The van der Waals surface area contributed by atoms with Crippen LogP contribution in [-0.2, 0) is 7.05 Å². The van der Waals surface area contributed by atoms with Gasteiger partial charge in [0.15, 0.2) is 0 Å². The average molecular weight is 265 g/mol. The van der Waals surface area contributed by atoms with Gasteiger partial charge in [0.25, 0.3) is 5.56 Å². The highest BCUT2D eigenvalue weighted by atomic mass is 16.1. The Labute approximate surface area is 119 Å². The Bertz CT molecular complexity index is 806. The molecule has 0 fully saturated rings. The first-order valence-corrected chi connectivity index (χ1v) is 7.06. The summed E-state index contributed by atoms with van der Waals surface area (Å²) in [7, 11) is 1.86. The number of benzene rings is 1. The van der Waals surface area contributed by atoms with Crippen LogP contribution in [0.1, 0.15) is 29.7 Å². The van der Waals surface area contributed by atoms with Crippen LogP contribution in [0.25, 0.3) is 16.3 Å². The van der Waals surface area contributed by atoms with Gasteiger partial charge in [0.1, 0.15) is 0 Å². The van der Waals surface area contributed by atoms with Crippen molar-refractivity contribution in [2.75, 3.05) is 0 Å². The zero-order valence-corrected chi connectivity index (χ0v) is 12.2. The van der Waals surface area contributed by atoms with Crippen molar-refractivity contribution in [1.82, 2.24) is 4.57 Å². The van der Waals surface area contributed by atoms with Crippen LogP contribution < -0.4 is 5.56 Å². The number of aryl methyl sites for hydroxylation is 1. The molecule has 0 saturated carbocycles. The van der Waals surface area contributed by atoms with Crippen molar-refractivity contribution in [3.63, 3.8) is 0 Å². The van der Waals surface area contributed by atoms with Gasteiger partial charge in [0, 0.05) is 23.7 Å². The maximum absolute atomic E-state index is 12.5. The lowest BCUT2D eigenvalue weighted by molar-refractivity contribution is 0.826. The van der Waals surface area contributed by atoms with E-state index in [1.807, 2.05) is 27.0 Å². The molecule has 1 heterocycles. The minimum absolute atomic E-state index is 0.0883. The Morgan fingerprint density at radius 3 is 2.60 bits per heavy atom. The van der Waals surface area contributed by atoms with Crippen molar-refractivity contribution in [2.24, 2.45) is 7.05 Å². The van der Waals surface area contributed by atoms with Crippen LogP contribution in [0.3, 0.4) is 0 Å². The molecule has 1 aliphatic rings. The molecule has 0 saturated heterocycles. The fourth-order valence-corrected chi connectivity index (χ4v) is 2.91. The third-order valence-electron chi connectivity index (χ3n) is 4.13. The first-order valence-electron chi connectivity index (χ1n) is 7.06. The Morgan fingerprint density at radius 1 is 1.10 bits per heavy atom. The Hall–Kier alpha value is -2.09. The van der Waals surface area contributed by atoms with E-state index in [0.29, 0.717) is 0 Å². The molecule has 1 aromatic heterocycles. The van der Waals surface area contributed by atoms with Gasteiger partial charge in [-0.05, 0) is 43.7 Å². The highest BCUT2D eigenvalue weighted by Crippen LogP contribution is 2.30. The zero-order valence-electron chi connectivity index (χ0n) is 12.2. The van der Waals surface area contributed by atoms with Crippen LogP contribution in [0.4, 0.5) is 0 Å². The summed E-state index contributed by atoms with van der Waals surface area (Å²) in [6.07, 6.45) is 8.83. The molecule has 0 bridgehead atoms. The van der Waals surface area contributed by atoms with Crippen LogP contribution in [0.2, 0.25) is 0 Å². The third kappa shape index (κ3) is 1.92. The number of pyridine rings is 1. The molecule has 0 aliphatic heterocycles. The van der Waals surface area contributed by atoms with Crippen LogP contribution in [-0.4, -0.2) is 4.57 Å². The molecule has 0 unspecified atom stereocenters. The summed E-state index contributed by atoms with van der Waals surface area (Å²) in [4.78, 5) is 12.5. The second-order valence-electron chi connectivity index (χ2n) is 5.51. The first kappa shape index (κ1) is 12.9. The number of aromatic nitrogens is 1. The monoisotopic (exact) mass is 265 g/mol. The third-order valence-corrected chi connectivity index (χ3v) is 4.13. The lowest BCUT2D eigenvalue weighted by atomic mass is 9.93. The molecule has 0 atom stereocenters. The molecule has 2 heteroatoms. The average Bonchev–Trinajstić information content (AvgIpc) is 2.47. The number of allylic oxidation sites excluding steroid dienone is 4. The number of nitrogens with zero attached hydrogens (tertiary/aromatic N) is 1. The largest absolute Gasteiger partial charge is 0.315 e. The van der Waals surface area contributed by atoms with Crippen molar-refractivity contribution in [1.29, 1.82) is 0 Å². The number of hydrogen-bond acceptors (Lipinski definition) is 1. The van der Waals surface area contributed by atoms with E-state index in [9.17, 15) is 4.79 Å². The second kappa shape index (κ2) is 4.78. The van der Waals surface area contributed by atoms with E-state index in [0.717, 1.165) is 34.9 Å². The summed E-state index contributed by atoms with van der Waals surface area (Å²) in [5.74, 6) is 0. The molecule has 20 heavy (non-hydrogen) atoms. The van der Waals surface area contributed by atoms with Crippen molar-refractivity contribution in [3.8, 4) is 0 Å². The molecular weight excluding hydrogens is 246 g/mol. The molecule has 2 nitrogen and oxygen atoms in total. The quantitative estimate of drug-likeness (QED) is 0.766. The number of hydrogen-bond donors (Lipinski definition) is 0. The number of fused-ring (bicyclic) bond motifs is 1. The molecule has 2 aromatic rings. The van der Waals surface area contributed by atoms with Crippen LogP contribution in [0, 0.1) is 13.8 Å². The van der Waals surface area contributed by atoms with Crippen molar-refractivity contribution < 1.29 is 0 Å². The van der Waals surface area contributed by atoms with Gasteiger partial charge in [-0.15, -0.1) is 0 Å². The standard InChI is InChI=1S/C18H19NO/c1-12-9-10-15-16(11-12)18(20)19(3)13(2)17(15)14-7-5-4-6-8-14/h5,7-11H,4,6H2,1-3H3. The smallest absolute Gasteiger partial charge is 0.258 e. The molecule has 3 rings (SSSR count). The van der Waals surface area contributed by atoms with E-state index in [1.54, 1.807) is 4.57 Å². The molecule has 0 spiro atoms. The van der Waals surface area contributed by atoms with E-state index in [-0.39, 0.29) is 5.56 Å².